The average molecular weight is 285 g/mol. The van der Waals surface area contributed by atoms with Gasteiger partial charge in [-0.05, 0) is 32.9 Å². The van der Waals surface area contributed by atoms with Gasteiger partial charge < -0.3 is 19.0 Å². The third kappa shape index (κ3) is 7.65. The maximum atomic E-state index is 10.1. The first-order valence-electron chi connectivity index (χ1n) is 6.96. The van der Waals surface area contributed by atoms with Crippen molar-refractivity contribution in [1.29, 1.82) is 0 Å². The highest BCUT2D eigenvalue weighted by Crippen LogP contribution is 2.09. The van der Waals surface area contributed by atoms with E-state index in [4.69, 9.17) is 13.9 Å². The molecule has 1 rings (SSSR count). The minimum absolute atomic E-state index is 0.237. The Morgan fingerprint density at radius 1 is 1.40 bits per heavy atom. The molecule has 1 heterocycles. The summed E-state index contributed by atoms with van der Waals surface area (Å²) in [4.78, 5) is 2.10. The Labute approximate surface area is 121 Å². The zero-order valence-corrected chi connectivity index (χ0v) is 13.0. The van der Waals surface area contributed by atoms with Crippen molar-refractivity contribution in [2.24, 2.45) is 0 Å². The summed E-state index contributed by atoms with van der Waals surface area (Å²) in [5, 5.41) is 10.1. The van der Waals surface area contributed by atoms with Crippen LogP contribution in [0.5, 0.6) is 0 Å². The molecule has 0 fully saturated rings. The molecule has 1 aromatic rings. The summed E-state index contributed by atoms with van der Waals surface area (Å²) < 4.78 is 16.0. The Balaban J connectivity index is 2.42. The van der Waals surface area contributed by atoms with Crippen molar-refractivity contribution < 1.29 is 19.0 Å². The highest BCUT2D eigenvalue weighted by atomic mass is 16.5. The van der Waals surface area contributed by atoms with Gasteiger partial charge in [-0.2, -0.15) is 0 Å². The predicted octanol–water partition coefficient (Wildman–Crippen LogP) is 1.90. The fourth-order valence-electron chi connectivity index (χ4n) is 1.78. The Morgan fingerprint density at radius 2 is 2.15 bits per heavy atom. The fourth-order valence-corrected chi connectivity index (χ4v) is 1.78. The highest BCUT2D eigenvalue weighted by molar-refractivity contribution is 4.97. The molecule has 1 N–H and O–H groups in total. The molecule has 1 atom stereocenters. The number of nitrogens with zero attached hydrogens (tertiary/aromatic N) is 1. The van der Waals surface area contributed by atoms with Crippen LogP contribution in [0.25, 0.3) is 0 Å². The minimum atomic E-state index is -0.527. The number of hydrogen-bond donors (Lipinski definition) is 1. The third-order valence-corrected chi connectivity index (χ3v) is 2.75. The van der Waals surface area contributed by atoms with Crippen molar-refractivity contribution >= 4 is 0 Å². The van der Waals surface area contributed by atoms with Crippen LogP contribution in [0.3, 0.4) is 0 Å². The van der Waals surface area contributed by atoms with Crippen LogP contribution in [0, 0.1) is 0 Å². The van der Waals surface area contributed by atoms with E-state index < -0.39 is 6.10 Å². The molecule has 0 amide bonds. The van der Waals surface area contributed by atoms with E-state index >= 15 is 0 Å². The van der Waals surface area contributed by atoms with Crippen molar-refractivity contribution in [1.82, 2.24) is 4.90 Å². The summed E-state index contributed by atoms with van der Waals surface area (Å²) in [6.45, 7) is 8.80. The molecule has 20 heavy (non-hydrogen) atoms. The lowest BCUT2D eigenvalue weighted by atomic mass is 10.2. The molecule has 0 radical (unpaired) electrons. The molecule has 0 bridgehead atoms. The third-order valence-electron chi connectivity index (χ3n) is 2.75. The van der Waals surface area contributed by atoms with Crippen LogP contribution < -0.4 is 0 Å². The van der Waals surface area contributed by atoms with E-state index in [0.717, 1.165) is 12.3 Å². The zero-order chi connectivity index (χ0) is 15.0. The summed E-state index contributed by atoms with van der Waals surface area (Å²) >= 11 is 0. The predicted molar refractivity (Wildman–Crippen MR) is 77.6 cm³/mol. The number of rotatable bonds is 9. The summed E-state index contributed by atoms with van der Waals surface area (Å²) in [7, 11) is 1.67. The van der Waals surface area contributed by atoms with Crippen molar-refractivity contribution in [2.45, 2.75) is 39.0 Å². The van der Waals surface area contributed by atoms with Gasteiger partial charge in [0.2, 0.25) is 0 Å². The van der Waals surface area contributed by atoms with Gasteiger partial charge in [0, 0.05) is 20.2 Å². The molecular weight excluding hydrogens is 258 g/mol. The van der Waals surface area contributed by atoms with Crippen molar-refractivity contribution in [3.8, 4) is 0 Å². The maximum absolute atomic E-state index is 10.1. The monoisotopic (exact) mass is 285 g/mol. The Hall–Kier alpha value is -0.880. The second kappa shape index (κ2) is 8.42. The van der Waals surface area contributed by atoms with Crippen molar-refractivity contribution in [3.63, 3.8) is 0 Å². The van der Waals surface area contributed by atoms with Gasteiger partial charge in [-0.25, -0.2) is 0 Å². The van der Waals surface area contributed by atoms with E-state index in [-0.39, 0.29) is 5.60 Å². The molecule has 1 aromatic heterocycles. The first-order valence-corrected chi connectivity index (χ1v) is 6.96. The Morgan fingerprint density at radius 3 is 2.70 bits per heavy atom. The van der Waals surface area contributed by atoms with E-state index in [1.54, 1.807) is 13.4 Å². The van der Waals surface area contributed by atoms with Gasteiger partial charge >= 0.3 is 0 Å². The summed E-state index contributed by atoms with van der Waals surface area (Å²) in [6.07, 6.45) is 1.13. The molecule has 0 spiro atoms. The van der Waals surface area contributed by atoms with Gasteiger partial charge in [0.25, 0.3) is 0 Å². The minimum Gasteiger partial charge on any atom is -0.468 e. The van der Waals surface area contributed by atoms with Crippen LogP contribution in [0.2, 0.25) is 0 Å². The molecule has 1 unspecified atom stereocenters. The smallest absolute Gasteiger partial charge is 0.117 e. The van der Waals surface area contributed by atoms with Gasteiger partial charge in [-0.15, -0.1) is 0 Å². The maximum Gasteiger partial charge on any atom is 0.117 e. The van der Waals surface area contributed by atoms with Crippen LogP contribution in [0.1, 0.15) is 26.5 Å². The lowest BCUT2D eigenvalue weighted by Gasteiger charge is -2.26. The molecule has 0 aromatic carbocycles. The molecular formula is C15H27NO4. The first kappa shape index (κ1) is 17.2. The van der Waals surface area contributed by atoms with Crippen LogP contribution in [0.4, 0.5) is 0 Å². The number of aliphatic hydroxyl groups is 1. The number of methoxy groups -OCH3 is 1. The molecule has 0 aliphatic rings. The van der Waals surface area contributed by atoms with E-state index in [0.29, 0.717) is 26.3 Å². The van der Waals surface area contributed by atoms with Gasteiger partial charge in [-0.3, -0.25) is 4.90 Å². The number of furan rings is 1. The lowest BCUT2D eigenvalue weighted by molar-refractivity contribution is -0.0580. The molecule has 0 saturated heterocycles. The fraction of sp³-hybridized carbons (Fsp3) is 0.733. The molecule has 5 heteroatoms. The molecule has 0 aliphatic heterocycles. The average Bonchev–Trinajstić information content (AvgIpc) is 2.85. The Bertz CT molecular complexity index is 345. The Kier molecular flexibility index (Phi) is 7.23. The first-order chi connectivity index (χ1) is 9.40. The van der Waals surface area contributed by atoms with Crippen LogP contribution in [0.15, 0.2) is 22.8 Å². The van der Waals surface area contributed by atoms with Crippen LogP contribution >= 0.6 is 0 Å². The van der Waals surface area contributed by atoms with Gasteiger partial charge in [-0.1, -0.05) is 0 Å². The second-order valence-corrected chi connectivity index (χ2v) is 5.88. The quantitative estimate of drug-likeness (QED) is 0.751. The van der Waals surface area contributed by atoms with Gasteiger partial charge in [0.15, 0.2) is 0 Å². The molecule has 5 nitrogen and oxygen atoms in total. The van der Waals surface area contributed by atoms with E-state index in [9.17, 15) is 5.11 Å². The second-order valence-electron chi connectivity index (χ2n) is 5.88. The number of ether oxygens (including phenoxy) is 2. The summed E-state index contributed by atoms with van der Waals surface area (Å²) in [5.74, 6) is 0.880. The largest absolute Gasteiger partial charge is 0.468 e. The van der Waals surface area contributed by atoms with Crippen LogP contribution in [-0.2, 0) is 16.0 Å². The number of aliphatic hydroxyl groups excluding tert-OH is 1. The normalized spacial score (nSPS) is 13.9. The van der Waals surface area contributed by atoms with E-state index in [1.807, 2.05) is 32.9 Å². The highest BCUT2D eigenvalue weighted by Gasteiger charge is 2.17. The zero-order valence-electron chi connectivity index (χ0n) is 13.0. The van der Waals surface area contributed by atoms with Crippen molar-refractivity contribution in [2.75, 3.05) is 33.4 Å². The van der Waals surface area contributed by atoms with E-state index in [1.165, 1.54) is 0 Å². The topological polar surface area (TPSA) is 55.1 Å². The summed E-state index contributed by atoms with van der Waals surface area (Å²) in [5.41, 5.74) is -0.237. The van der Waals surface area contributed by atoms with E-state index in [2.05, 4.69) is 4.90 Å². The van der Waals surface area contributed by atoms with Crippen LogP contribution in [-0.4, -0.2) is 55.1 Å². The lowest BCUT2D eigenvalue weighted by Crippen LogP contribution is -2.38. The SMILES string of the molecule is COCCN(Cc1ccco1)CC(O)COC(C)(C)C. The molecule has 116 valence electrons. The standard InChI is InChI=1S/C15H27NO4/c1-15(2,3)20-12-13(17)10-16(7-9-18-4)11-14-6-5-8-19-14/h5-6,8,13,17H,7,9-12H2,1-4H3. The van der Waals surface area contributed by atoms with Crippen molar-refractivity contribution in [3.05, 3.63) is 24.2 Å². The van der Waals surface area contributed by atoms with Gasteiger partial charge in [0.05, 0.1) is 37.7 Å². The summed E-state index contributed by atoms with van der Waals surface area (Å²) in [6, 6.07) is 3.79. The van der Waals surface area contributed by atoms with Gasteiger partial charge in [0.1, 0.15) is 5.76 Å². The molecule has 0 saturated carbocycles. The number of hydrogen-bond acceptors (Lipinski definition) is 5. The molecule has 0 aliphatic carbocycles.